The molecule has 0 saturated heterocycles. The monoisotopic (exact) mass is 474 g/mol. The molecule has 4 nitrogen and oxygen atoms in total. The maximum Gasteiger partial charge on any atom is 0.385 e. The summed E-state index contributed by atoms with van der Waals surface area (Å²) in [4.78, 5) is 10.3. The first-order chi connectivity index (χ1) is 15.3. The molecule has 1 N–H and O–H groups in total. The highest BCUT2D eigenvalue weighted by Gasteiger charge is 2.41. The Balaban J connectivity index is 3.47. The summed E-state index contributed by atoms with van der Waals surface area (Å²) in [5.74, 6) is -0.363. The highest BCUT2D eigenvalue weighted by atomic mass is 31.2. The van der Waals surface area contributed by atoms with E-state index in [2.05, 4.69) is 19.1 Å². The van der Waals surface area contributed by atoms with Crippen molar-refractivity contribution in [1.82, 2.24) is 0 Å². The highest BCUT2D eigenvalue weighted by Crippen LogP contribution is 2.51. The summed E-state index contributed by atoms with van der Waals surface area (Å²) in [5, 5.41) is 0. The van der Waals surface area contributed by atoms with Gasteiger partial charge in [0.1, 0.15) is 0 Å². The number of nitrogens with zero attached hydrogens (tertiary/aromatic N) is 1. The molecule has 0 aliphatic heterocycles. The van der Waals surface area contributed by atoms with E-state index in [0.29, 0.717) is 17.5 Å². The van der Waals surface area contributed by atoms with E-state index in [-0.39, 0.29) is 5.78 Å². The Kier molecular flexibility index (Phi) is 20.1. The van der Waals surface area contributed by atoms with Crippen LogP contribution < -0.4 is 0 Å². The molecule has 0 aliphatic carbocycles. The van der Waals surface area contributed by atoms with Gasteiger partial charge in [-0.05, 0) is 25.7 Å². The number of quaternary nitrogens is 1. The molecule has 0 bridgehead atoms. The molecule has 0 aliphatic rings. The van der Waals surface area contributed by atoms with Crippen LogP contribution in [0.4, 0.5) is 0 Å². The smallest absolute Gasteiger partial charge is 0.320 e. The number of rotatable bonds is 23. The van der Waals surface area contributed by atoms with Gasteiger partial charge in [-0.2, -0.15) is 0 Å². The maximum absolute atomic E-state index is 12.5. The van der Waals surface area contributed by atoms with Gasteiger partial charge in [-0.15, -0.1) is 0 Å². The Hall–Kier alpha value is -0.150. The largest absolute Gasteiger partial charge is 0.385 e. The van der Waals surface area contributed by atoms with Crippen LogP contribution in [0.5, 0.6) is 0 Å². The molecule has 192 valence electrons. The van der Waals surface area contributed by atoms with E-state index in [1.54, 1.807) is 0 Å². The molecule has 0 aromatic rings. The minimum absolute atomic E-state index is 0.355. The molecule has 2 atom stereocenters. The van der Waals surface area contributed by atoms with Gasteiger partial charge < -0.3 is 13.9 Å². The van der Waals surface area contributed by atoms with E-state index in [1.807, 2.05) is 28.1 Å². The molecule has 0 rings (SSSR count). The Morgan fingerprint density at radius 3 is 1.53 bits per heavy atom. The quantitative estimate of drug-likeness (QED) is 0.0696. The van der Waals surface area contributed by atoms with Crippen LogP contribution in [0.3, 0.4) is 0 Å². The van der Waals surface area contributed by atoms with Crippen LogP contribution in [0.2, 0.25) is 0 Å². The van der Waals surface area contributed by atoms with Crippen LogP contribution in [0.1, 0.15) is 129 Å². The van der Waals surface area contributed by atoms with Crippen LogP contribution in [0.25, 0.3) is 0 Å². The summed E-state index contributed by atoms with van der Waals surface area (Å²) in [7, 11) is 2.26. The minimum Gasteiger partial charge on any atom is -0.320 e. The Morgan fingerprint density at radius 2 is 1.12 bits per heavy atom. The summed E-state index contributed by atoms with van der Waals surface area (Å²) in [6.07, 6.45) is 27.6. The van der Waals surface area contributed by atoms with E-state index in [0.717, 1.165) is 19.3 Å². The third-order valence-electron chi connectivity index (χ3n) is 6.32. The summed E-state index contributed by atoms with van der Waals surface area (Å²) in [5.41, 5.74) is 0. The van der Waals surface area contributed by atoms with Gasteiger partial charge in [-0.1, -0.05) is 109 Å². The van der Waals surface area contributed by atoms with Gasteiger partial charge in [0.2, 0.25) is 0 Å². The average Bonchev–Trinajstić information content (AvgIpc) is 2.71. The third-order valence-corrected chi connectivity index (χ3v) is 8.68. The lowest BCUT2D eigenvalue weighted by Gasteiger charge is -2.35. The second-order valence-corrected chi connectivity index (χ2v) is 12.4. The zero-order valence-electron chi connectivity index (χ0n) is 22.3. The van der Waals surface area contributed by atoms with Crippen LogP contribution in [0.15, 0.2) is 12.2 Å². The van der Waals surface area contributed by atoms with Crippen molar-refractivity contribution in [3.05, 3.63) is 12.2 Å². The summed E-state index contributed by atoms with van der Waals surface area (Å²) < 4.78 is 18.3. The van der Waals surface area contributed by atoms with Crippen molar-refractivity contribution in [1.29, 1.82) is 0 Å². The Bertz CT molecular complexity index is 488. The van der Waals surface area contributed by atoms with Gasteiger partial charge in [-0.3, -0.25) is 4.57 Å². The predicted octanol–water partition coefficient (Wildman–Crippen LogP) is 8.84. The molecule has 0 fully saturated rings. The zero-order chi connectivity index (χ0) is 24.1. The number of allylic oxidation sites excluding steroid dienone is 2. The van der Waals surface area contributed by atoms with Crippen molar-refractivity contribution in [2.24, 2.45) is 0 Å². The van der Waals surface area contributed by atoms with Gasteiger partial charge in [0.25, 0.3) is 0 Å². The molecule has 0 aromatic heterocycles. The standard InChI is InChI=1S/C27H56NO3P/c1-6-8-9-10-11-12-13-14-15-16-17-18-19-20-21-22-23-24-25-26-31-32(29,30)27(7-2)28(3,4)5/h22-23,27H,6-21,24-26H2,1-5H3/p+1/b23-22-. The predicted molar refractivity (Wildman–Crippen MR) is 141 cm³/mol. The molecule has 0 amide bonds. The van der Waals surface area contributed by atoms with Gasteiger partial charge in [0.15, 0.2) is 5.78 Å². The van der Waals surface area contributed by atoms with Crippen LogP contribution in [-0.2, 0) is 9.09 Å². The first-order valence-electron chi connectivity index (χ1n) is 13.7. The summed E-state index contributed by atoms with van der Waals surface area (Å²) >= 11 is 0. The zero-order valence-corrected chi connectivity index (χ0v) is 23.2. The summed E-state index contributed by atoms with van der Waals surface area (Å²) in [6.45, 7) is 4.58. The number of unbranched alkanes of at least 4 members (excludes halogenated alkanes) is 15. The molecule has 0 heterocycles. The van der Waals surface area contributed by atoms with Gasteiger partial charge in [-0.25, -0.2) is 0 Å². The fourth-order valence-corrected chi connectivity index (χ4v) is 6.29. The third kappa shape index (κ3) is 18.3. The fourth-order valence-electron chi connectivity index (χ4n) is 4.39. The molecular formula is C27H57NO3P+. The average molecular weight is 475 g/mol. The Morgan fingerprint density at radius 1 is 0.719 bits per heavy atom. The Labute approximate surface area is 201 Å². The van der Waals surface area contributed by atoms with E-state index in [1.165, 1.54) is 89.9 Å². The second kappa shape index (κ2) is 20.2. The van der Waals surface area contributed by atoms with E-state index < -0.39 is 7.60 Å². The molecular weight excluding hydrogens is 417 g/mol. The van der Waals surface area contributed by atoms with Crippen molar-refractivity contribution in [2.75, 3.05) is 27.7 Å². The van der Waals surface area contributed by atoms with Crippen LogP contribution in [0, 0.1) is 0 Å². The molecule has 5 heteroatoms. The first-order valence-corrected chi connectivity index (χ1v) is 15.3. The lowest BCUT2D eigenvalue weighted by Crippen LogP contribution is -2.44. The van der Waals surface area contributed by atoms with Crippen molar-refractivity contribution in [3.8, 4) is 0 Å². The minimum atomic E-state index is -3.57. The fraction of sp³-hybridized carbons (Fsp3) is 0.926. The van der Waals surface area contributed by atoms with E-state index in [9.17, 15) is 9.46 Å². The molecule has 0 aromatic carbocycles. The van der Waals surface area contributed by atoms with Gasteiger partial charge >= 0.3 is 7.60 Å². The number of hydrogen-bond acceptors (Lipinski definition) is 2. The van der Waals surface area contributed by atoms with Crippen molar-refractivity contribution in [3.63, 3.8) is 0 Å². The SMILES string of the molecule is CCCCCCCCCCCCCCCC/C=C\CCCOP(=O)(O)C(CC)[N+](C)(C)C. The lowest BCUT2D eigenvalue weighted by molar-refractivity contribution is -0.883. The molecule has 0 spiro atoms. The summed E-state index contributed by atoms with van der Waals surface area (Å²) in [6, 6.07) is 0. The molecule has 32 heavy (non-hydrogen) atoms. The highest BCUT2D eigenvalue weighted by molar-refractivity contribution is 7.53. The van der Waals surface area contributed by atoms with Crippen molar-refractivity contribution in [2.45, 2.75) is 135 Å². The topological polar surface area (TPSA) is 46.5 Å². The molecule has 0 saturated carbocycles. The van der Waals surface area contributed by atoms with E-state index in [4.69, 9.17) is 4.52 Å². The van der Waals surface area contributed by atoms with Crippen molar-refractivity contribution < 1.29 is 18.5 Å². The second-order valence-electron chi connectivity index (χ2n) is 10.4. The lowest BCUT2D eigenvalue weighted by atomic mass is 10.0. The van der Waals surface area contributed by atoms with Crippen LogP contribution in [-0.4, -0.2) is 42.9 Å². The van der Waals surface area contributed by atoms with Gasteiger partial charge in [0, 0.05) is 6.42 Å². The van der Waals surface area contributed by atoms with Crippen LogP contribution >= 0.6 is 7.60 Å². The maximum atomic E-state index is 12.5. The first kappa shape index (κ1) is 31.9. The van der Waals surface area contributed by atoms with E-state index >= 15 is 0 Å². The molecule has 2 unspecified atom stereocenters. The normalized spacial score (nSPS) is 15.3. The number of hydrogen-bond donors (Lipinski definition) is 1. The van der Waals surface area contributed by atoms with Crippen molar-refractivity contribution >= 4 is 7.60 Å². The molecule has 0 radical (unpaired) electrons. The van der Waals surface area contributed by atoms with Gasteiger partial charge in [0.05, 0.1) is 27.7 Å².